The van der Waals surface area contributed by atoms with E-state index in [2.05, 4.69) is 0 Å². The van der Waals surface area contributed by atoms with Gasteiger partial charge in [0.25, 0.3) is 11.7 Å². The largest absolute Gasteiger partial charge is 0.507 e. The van der Waals surface area contributed by atoms with Crippen molar-refractivity contribution in [3.63, 3.8) is 0 Å². The Bertz CT molecular complexity index is 1120. The summed E-state index contributed by atoms with van der Waals surface area (Å²) in [6, 6.07) is 8.27. The molecule has 1 unspecified atom stereocenters. The van der Waals surface area contributed by atoms with Crippen LogP contribution in [0, 0.1) is 0 Å². The number of carbonyl (C=O) groups is 3. The molecule has 1 heterocycles. The molecule has 1 aliphatic heterocycles. The summed E-state index contributed by atoms with van der Waals surface area (Å²) >= 11 is 12.4. The number of nitrogens with zero attached hydrogens (tertiary/aromatic N) is 1. The van der Waals surface area contributed by atoms with E-state index in [-0.39, 0.29) is 33.5 Å². The van der Waals surface area contributed by atoms with Crippen LogP contribution in [0.15, 0.2) is 42.0 Å². The number of likely N-dealkylation sites (tertiary alicyclic amines) is 1. The fraction of sp³-hybridized carbons (Fsp3) is 0.292. The third-order valence-electron chi connectivity index (χ3n) is 5.22. The maximum atomic E-state index is 13.1. The van der Waals surface area contributed by atoms with E-state index in [0.29, 0.717) is 24.3 Å². The second-order valence-electron chi connectivity index (χ2n) is 7.47. The van der Waals surface area contributed by atoms with Crippen LogP contribution >= 0.6 is 23.2 Å². The van der Waals surface area contributed by atoms with Crippen molar-refractivity contribution in [3.8, 4) is 11.5 Å². The van der Waals surface area contributed by atoms with Crippen molar-refractivity contribution in [2.75, 3.05) is 27.4 Å². The number of ketones is 1. The van der Waals surface area contributed by atoms with Gasteiger partial charge < -0.3 is 24.2 Å². The third-order valence-corrected chi connectivity index (χ3v) is 5.78. The molecule has 1 N–H and O–H groups in total. The molecule has 3 rings (SSSR count). The number of ether oxygens (including phenoxy) is 3. The molecule has 1 atom stereocenters. The Labute approximate surface area is 206 Å². The predicted octanol–water partition coefficient (Wildman–Crippen LogP) is 4.39. The second-order valence-corrected chi connectivity index (χ2v) is 8.29. The molecule has 2 aromatic rings. The molecule has 0 aromatic heterocycles. The van der Waals surface area contributed by atoms with Crippen LogP contribution in [0.5, 0.6) is 11.5 Å². The Kier molecular flexibility index (Phi) is 8.19. The van der Waals surface area contributed by atoms with Crippen LogP contribution in [0.3, 0.4) is 0 Å². The van der Waals surface area contributed by atoms with Gasteiger partial charge >= 0.3 is 5.97 Å². The average Bonchev–Trinajstić information content (AvgIpc) is 3.03. The summed E-state index contributed by atoms with van der Waals surface area (Å²) < 4.78 is 15.3. The first-order valence-electron chi connectivity index (χ1n) is 10.3. The van der Waals surface area contributed by atoms with Crippen LogP contribution in [0.25, 0.3) is 5.76 Å². The van der Waals surface area contributed by atoms with Gasteiger partial charge in [0.05, 0.1) is 28.8 Å². The Hall–Kier alpha value is -3.07. The van der Waals surface area contributed by atoms with Gasteiger partial charge in [-0.3, -0.25) is 14.4 Å². The maximum absolute atomic E-state index is 13.1. The number of hydrogen-bond acceptors (Lipinski definition) is 7. The van der Waals surface area contributed by atoms with Gasteiger partial charge in [-0.15, -0.1) is 0 Å². The summed E-state index contributed by atoms with van der Waals surface area (Å²) in [5.74, 6) is -1.97. The molecule has 0 spiro atoms. The molecule has 0 radical (unpaired) electrons. The van der Waals surface area contributed by atoms with Crippen molar-refractivity contribution in [2.24, 2.45) is 0 Å². The zero-order chi connectivity index (χ0) is 25.0. The predicted molar refractivity (Wildman–Crippen MR) is 126 cm³/mol. The van der Waals surface area contributed by atoms with Crippen LogP contribution < -0.4 is 9.47 Å². The smallest absolute Gasteiger partial charge is 0.308 e. The topological polar surface area (TPSA) is 102 Å². The van der Waals surface area contributed by atoms with E-state index in [4.69, 9.17) is 37.4 Å². The van der Waals surface area contributed by atoms with Gasteiger partial charge in [-0.25, -0.2) is 0 Å². The van der Waals surface area contributed by atoms with Crippen molar-refractivity contribution in [1.82, 2.24) is 4.90 Å². The molecule has 1 saturated heterocycles. The van der Waals surface area contributed by atoms with E-state index in [0.717, 1.165) is 0 Å². The van der Waals surface area contributed by atoms with E-state index < -0.39 is 29.5 Å². The molecule has 1 aliphatic rings. The first-order valence-corrected chi connectivity index (χ1v) is 11.0. The first-order chi connectivity index (χ1) is 16.2. The fourth-order valence-corrected chi connectivity index (χ4v) is 4.41. The number of methoxy groups -OCH3 is 2. The minimum Gasteiger partial charge on any atom is -0.507 e. The minimum absolute atomic E-state index is 0.111. The number of rotatable bonds is 8. The summed E-state index contributed by atoms with van der Waals surface area (Å²) in [5, 5.41) is 11.4. The van der Waals surface area contributed by atoms with Crippen LogP contribution in [0.1, 0.15) is 30.5 Å². The number of aliphatic hydroxyl groups excluding tert-OH is 1. The number of benzene rings is 2. The molecule has 2 aromatic carbocycles. The van der Waals surface area contributed by atoms with Crippen molar-refractivity contribution in [1.29, 1.82) is 0 Å². The number of esters is 1. The van der Waals surface area contributed by atoms with E-state index >= 15 is 0 Å². The lowest BCUT2D eigenvalue weighted by molar-refractivity contribution is -0.140. The molecule has 1 fully saturated rings. The van der Waals surface area contributed by atoms with Crippen molar-refractivity contribution >= 4 is 46.6 Å². The van der Waals surface area contributed by atoms with Crippen molar-refractivity contribution in [3.05, 3.63) is 63.1 Å². The lowest BCUT2D eigenvalue weighted by atomic mass is 9.95. The van der Waals surface area contributed by atoms with Crippen LogP contribution in [0.4, 0.5) is 0 Å². The third kappa shape index (κ3) is 5.19. The normalized spacial score (nSPS) is 17.2. The summed E-state index contributed by atoms with van der Waals surface area (Å²) in [7, 11) is 2.94. The van der Waals surface area contributed by atoms with Crippen molar-refractivity contribution in [2.45, 2.75) is 19.4 Å². The summed E-state index contributed by atoms with van der Waals surface area (Å²) in [4.78, 5) is 38.6. The Morgan fingerprint density at radius 1 is 1.09 bits per heavy atom. The molecular formula is C24H23Cl2NO7. The van der Waals surface area contributed by atoms with Crippen LogP contribution in [-0.4, -0.2) is 55.0 Å². The van der Waals surface area contributed by atoms with Gasteiger partial charge in [-0.2, -0.15) is 0 Å². The van der Waals surface area contributed by atoms with Crippen LogP contribution in [0.2, 0.25) is 10.0 Å². The molecule has 1 amide bonds. The molecule has 0 aliphatic carbocycles. The molecule has 0 bridgehead atoms. The molecule has 8 nitrogen and oxygen atoms in total. The Balaban J connectivity index is 2.13. The van der Waals surface area contributed by atoms with Gasteiger partial charge in [0, 0.05) is 32.7 Å². The monoisotopic (exact) mass is 507 g/mol. The van der Waals surface area contributed by atoms with Gasteiger partial charge in [0.1, 0.15) is 11.5 Å². The Morgan fingerprint density at radius 3 is 2.24 bits per heavy atom. The highest BCUT2D eigenvalue weighted by Gasteiger charge is 2.45. The van der Waals surface area contributed by atoms with Crippen molar-refractivity contribution < 1.29 is 33.7 Å². The zero-order valence-corrected chi connectivity index (χ0v) is 20.3. The number of hydrogen-bond donors (Lipinski definition) is 1. The average molecular weight is 508 g/mol. The van der Waals surface area contributed by atoms with E-state index in [1.165, 1.54) is 38.2 Å². The van der Waals surface area contributed by atoms with Gasteiger partial charge in [0.15, 0.2) is 5.75 Å². The van der Waals surface area contributed by atoms with E-state index in [1.807, 2.05) is 0 Å². The second kappa shape index (κ2) is 10.9. The van der Waals surface area contributed by atoms with E-state index in [1.54, 1.807) is 24.3 Å². The maximum Gasteiger partial charge on any atom is 0.308 e. The van der Waals surface area contributed by atoms with E-state index in [9.17, 15) is 19.5 Å². The lowest BCUT2D eigenvalue weighted by Gasteiger charge is -2.25. The first kappa shape index (κ1) is 25.6. The number of halogens is 2. The highest BCUT2D eigenvalue weighted by Crippen LogP contribution is 2.42. The number of Topliss-reactive ketones (excluding diaryl/α,β-unsaturated/α-hetero) is 1. The summed E-state index contributed by atoms with van der Waals surface area (Å²) in [6.45, 7) is 1.88. The molecule has 180 valence electrons. The number of aliphatic hydroxyl groups is 1. The number of carbonyl (C=O) groups excluding carboxylic acids is 3. The highest BCUT2D eigenvalue weighted by molar-refractivity contribution is 6.46. The van der Waals surface area contributed by atoms with Gasteiger partial charge in [-0.1, -0.05) is 35.3 Å². The molecule has 10 heteroatoms. The SMILES string of the molecule is COCCCN1C(=O)C(=O)/C(=C(/O)c2cc(Cl)c(OC)c(Cl)c2)C1c1ccc(OC(C)=O)cc1. The lowest BCUT2D eigenvalue weighted by Crippen LogP contribution is -2.31. The standard InChI is InChI=1S/C24H23Cl2NO7/c1-13(28)34-16-7-5-14(6-8-16)20-19(22(30)24(31)27(20)9-4-10-32-2)21(29)15-11-17(25)23(33-3)18(26)12-15/h5-8,11-12,20,29H,4,9-10H2,1-3H3/b21-19+. The number of amides is 1. The zero-order valence-electron chi connectivity index (χ0n) is 18.8. The molecule has 34 heavy (non-hydrogen) atoms. The quantitative estimate of drug-likeness (QED) is 0.141. The fourth-order valence-electron chi connectivity index (χ4n) is 3.77. The summed E-state index contributed by atoms with van der Waals surface area (Å²) in [6.07, 6.45) is 0.478. The molecule has 0 saturated carbocycles. The van der Waals surface area contributed by atoms with Crippen LogP contribution in [-0.2, 0) is 19.1 Å². The minimum atomic E-state index is -0.886. The van der Waals surface area contributed by atoms with Gasteiger partial charge in [0.2, 0.25) is 0 Å². The van der Waals surface area contributed by atoms with Gasteiger partial charge in [-0.05, 0) is 36.2 Å². The Morgan fingerprint density at radius 2 is 1.71 bits per heavy atom. The summed E-state index contributed by atoms with van der Waals surface area (Å²) in [5.41, 5.74) is 0.590. The molecular weight excluding hydrogens is 485 g/mol. The highest BCUT2D eigenvalue weighted by atomic mass is 35.5.